The Hall–Kier alpha value is -2.10. The number of carbonyl (C=O) groups excluding carboxylic acids is 1. The number of fused-ring (bicyclic) bond motifs is 1. The smallest absolute Gasteiger partial charge is 0.343 e. The van der Waals surface area contributed by atoms with Crippen molar-refractivity contribution in [3.05, 3.63) is 51.1 Å². The molecule has 0 saturated heterocycles. The molecule has 4 rings (SSSR count). The van der Waals surface area contributed by atoms with E-state index >= 15 is 0 Å². The van der Waals surface area contributed by atoms with Gasteiger partial charge in [-0.05, 0) is 50.0 Å². The van der Waals surface area contributed by atoms with Crippen molar-refractivity contribution in [2.45, 2.75) is 63.7 Å². The largest absolute Gasteiger partial charge is 0.506 e. The van der Waals surface area contributed by atoms with E-state index in [4.69, 9.17) is 4.42 Å². The summed E-state index contributed by atoms with van der Waals surface area (Å²) >= 11 is 0. The number of ketones is 1. The summed E-state index contributed by atoms with van der Waals surface area (Å²) in [5.74, 6) is 0.356. The molecule has 1 unspecified atom stereocenters. The zero-order valence-electron chi connectivity index (χ0n) is 14.4. The number of aryl methyl sites for hydroxylation is 1. The SMILES string of the molecule is O=C1CCCCCc2oc(=O)c(C(C3=CCCC=C3)C3CC3)c(O)c21. The van der Waals surface area contributed by atoms with Gasteiger partial charge in [-0.25, -0.2) is 4.79 Å². The van der Waals surface area contributed by atoms with E-state index in [0.717, 1.165) is 50.5 Å². The third-order valence-electron chi connectivity index (χ3n) is 5.58. The van der Waals surface area contributed by atoms with Gasteiger partial charge in [0.25, 0.3) is 0 Å². The summed E-state index contributed by atoms with van der Waals surface area (Å²) in [7, 11) is 0. The van der Waals surface area contributed by atoms with Gasteiger partial charge >= 0.3 is 5.63 Å². The molecule has 132 valence electrons. The number of hydrogen-bond donors (Lipinski definition) is 1. The second-order valence-electron chi connectivity index (χ2n) is 7.43. The van der Waals surface area contributed by atoms with Crippen LogP contribution in [0.2, 0.25) is 0 Å². The van der Waals surface area contributed by atoms with Crippen LogP contribution in [0.3, 0.4) is 0 Å². The Morgan fingerprint density at radius 3 is 2.60 bits per heavy atom. The fourth-order valence-corrected chi connectivity index (χ4v) is 4.16. The minimum Gasteiger partial charge on any atom is -0.506 e. The van der Waals surface area contributed by atoms with Gasteiger partial charge in [-0.1, -0.05) is 24.6 Å². The lowest BCUT2D eigenvalue weighted by Crippen LogP contribution is -2.21. The van der Waals surface area contributed by atoms with Crippen molar-refractivity contribution in [2.24, 2.45) is 5.92 Å². The van der Waals surface area contributed by atoms with Crippen molar-refractivity contribution in [3.63, 3.8) is 0 Å². The molecule has 1 heterocycles. The highest BCUT2D eigenvalue weighted by molar-refractivity contribution is 5.99. The van der Waals surface area contributed by atoms with Crippen LogP contribution in [0.4, 0.5) is 0 Å². The van der Waals surface area contributed by atoms with Crippen molar-refractivity contribution >= 4 is 5.78 Å². The molecule has 0 radical (unpaired) electrons. The minimum atomic E-state index is -0.471. The summed E-state index contributed by atoms with van der Waals surface area (Å²) in [6, 6.07) is 0. The summed E-state index contributed by atoms with van der Waals surface area (Å²) in [4.78, 5) is 25.3. The lowest BCUT2D eigenvalue weighted by atomic mass is 9.83. The maximum absolute atomic E-state index is 12.7. The molecule has 1 aromatic rings. The molecule has 1 fully saturated rings. The first-order valence-corrected chi connectivity index (χ1v) is 9.45. The van der Waals surface area contributed by atoms with Crippen molar-refractivity contribution < 1.29 is 14.3 Å². The molecule has 25 heavy (non-hydrogen) atoms. The highest BCUT2D eigenvalue weighted by atomic mass is 16.4. The number of rotatable bonds is 3. The molecule has 1 N–H and O–H groups in total. The van der Waals surface area contributed by atoms with Gasteiger partial charge in [-0.15, -0.1) is 0 Å². The lowest BCUT2D eigenvalue weighted by molar-refractivity contribution is 0.0968. The summed E-state index contributed by atoms with van der Waals surface area (Å²) in [6.07, 6.45) is 14.0. The predicted octanol–water partition coefficient (Wildman–Crippen LogP) is 4.41. The van der Waals surface area contributed by atoms with E-state index in [1.54, 1.807) is 0 Å². The number of hydrogen-bond acceptors (Lipinski definition) is 4. The van der Waals surface area contributed by atoms with Crippen LogP contribution >= 0.6 is 0 Å². The molecule has 0 amide bonds. The van der Waals surface area contributed by atoms with Gasteiger partial charge in [-0.3, -0.25) is 4.79 Å². The predicted molar refractivity (Wildman–Crippen MR) is 95.1 cm³/mol. The standard InChI is InChI=1S/C21H24O4/c22-15-9-5-2-6-10-16-18(15)20(23)19(21(24)25-16)17(14-11-12-14)13-7-3-1-4-8-13/h3,7-8,14,17,23H,1-2,4-6,9-12H2. The normalized spacial score (nSPS) is 21.9. The first kappa shape index (κ1) is 16.4. The second kappa shape index (κ2) is 6.66. The van der Waals surface area contributed by atoms with Gasteiger partial charge in [0.2, 0.25) is 0 Å². The van der Waals surface area contributed by atoms with E-state index in [-0.39, 0.29) is 23.0 Å². The van der Waals surface area contributed by atoms with Gasteiger partial charge in [0.1, 0.15) is 11.5 Å². The first-order valence-electron chi connectivity index (χ1n) is 9.45. The van der Waals surface area contributed by atoms with Gasteiger partial charge < -0.3 is 9.52 Å². The van der Waals surface area contributed by atoms with Crippen LogP contribution in [0, 0.1) is 5.92 Å². The second-order valence-corrected chi connectivity index (χ2v) is 7.43. The summed E-state index contributed by atoms with van der Waals surface area (Å²) < 4.78 is 5.58. The van der Waals surface area contributed by atoms with Crippen LogP contribution in [-0.2, 0) is 6.42 Å². The summed E-state index contributed by atoms with van der Waals surface area (Å²) in [5.41, 5.74) is 1.17. The molecular weight excluding hydrogens is 316 g/mol. The average molecular weight is 340 g/mol. The van der Waals surface area contributed by atoms with Crippen LogP contribution in [0.15, 0.2) is 33.0 Å². The van der Waals surface area contributed by atoms with E-state index in [1.807, 2.05) is 0 Å². The molecule has 4 heteroatoms. The van der Waals surface area contributed by atoms with Crippen LogP contribution in [0.5, 0.6) is 5.75 Å². The highest BCUT2D eigenvalue weighted by Gasteiger charge is 2.39. The number of carbonyl (C=O) groups is 1. The molecule has 3 aliphatic carbocycles. The molecule has 1 saturated carbocycles. The zero-order chi connectivity index (χ0) is 17.4. The third-order valence-corrected chi connectivity index (χ3v) is 5.58. The number of aromatic hydroxyl groups is 1. The maximum Gasteiger partial charge on any atom is 0.343 e. The Morgan fingerprint density at radius 1 is 1.08 bits per heavy atom. The molecular formula is C21H24O4. The maximum atomic E-state index is 12.7. The van der Waals surface area contributed by atoms with E-state index in [9.17, 15) is 14.7 Å². The molecule has 1 atom stereocenters. The fraction of sp³-hybridized carbons (Fsp3) is 0.524. The molecule has 4 nitrogen and oxygen atoms in total. The zero-order valence-corrected chi connectivity index (χ0v) is 14.4. The van der Waals surface area contributed by atoms with Crippen molar-refractivity contribution in [3.8, 4) is 5.75 Å². The minimum absolute atomic E-state index is 0.0973. The van der Waals surface area contributed by atoms with E-state index in [0.29, 0.717) is 30.1 Å². The Kier molecular flexibility index (Phi) is 4.36. The monoisotopic (exact) mass is 340 g/mol. The van der Waals surface area contributed by atoms with Crippen molar-refractivity contribution in [2.75, 3.05) is 0 Å². The topological polar surface area (TPSA) is 67.5 Å². The average Bonchev–Trinajstić information content (AvgIpc) is 3.41. The van der Waals surface area contributed by atoms with Crippen LogP contribution in [0.25, 0.3) is 0 Å². The molecule has 0 spiro atoms. The van der Waals surface area contributed by atoms with Crippen LogP contribution in [-0.4, -0.2) is 10.9 Å². The van der Waals surface area contributed by atoms with Gasteiger partial charge in [-0.2, -0.15) is 0 Å². The number of Topliss-reactive ketones (excluding diaryl/α,β-unsaturated/α-hetero) is 1. The Balaban J connectivity index is 1.86. The molecule has 0 aromatic carbocycles. The van der Waals surface area contributed by atoms with E-state index < -0.39 is 5.63 Å². The third kappa shape index (κ3) is 3.10. The van der Waals surface area contributed by atoms with Crippen molar-refractivity contribution in [1.29, 1.82) is 0 Å². The summed E-state index contributed by atoms with van der Waals surface area (Å²) in [6.45, 7) is 0. The van der Waals surface area contributed by atoms with Gasteiger partial charge in [0.05, 0.1) is 11.1 Å². The van der Waals surface area contributed by atoms with Crippen LogP contribution in [0.1, 0.15) is 79.0 Å². The van der Waals surface area contributed by atoms with Crippen molar-refractivity contribution in [1.82, 2.24) is 0 Å². The Morgan fingerprint density at radius 2 is 1.88 bits per heavy atom. The van der Waals surface area contributed by atoms with E-state index in [2.05, 4.69) is 18.2 Å². The quantitative estimate of drug-likeness (QED) is 0.885. The van der Waals surface area contributed by atoms with Gasteiger partial charge in [0, 0.05) is 18.8 Å². The van der Waals surface area contributed by atoms with E-state index in [1.165, 1.54) is 0 Å². The summed E-state index contributed by atoms with van der Waals surface area (Å²) in [5, 5.41) is 10.9. The number of allylic oxidation sites excluding steroid dienone is 4. The Labute approximate surface area is 147 Å². The fourth-order valence-electron chi connectivity index (χ4n) is 4.16. The highest BCUT2D eigenvalue weighted by Crippen LogP contribution is 2.49. The first-order chi connectivity index (χ1) is 12.2. The Bertz CT molecular complexity index is 808. The lowest BCUT2D eigenvalue weighted by Gasteiger charge is -2.22. The van der Waals surface area contributed by atoms with Gasteiger partial charge in [0.15, 0.2) is 5.78 Å². The molecule has 0 aliphatic heterocycles. The van der Waals surface area contributed by atoms with Crippen LogP contribution < -0.4 is 5.63 Å². The molecule has 3 aliphatic rings. The molecule has 0 bridgehead atoms. The molecule has 1 aromatic heterocycles.